The maximum absolute atomic E-state index is 10.9. The Morgan fingerprint density at radius 1 is 1.06 bits per heavy atom. The number of hydrogen-bond acceptors (Lipinski definition) is 6. The van der Waals surface area contributed by atoms with Gasteiger partial charge in [-0.2, -0.15) is 0 Å². The zero-order valence-corrected chi connectivity index (χ0v) is 9.60. The minimum absolute atomic E-state index is 0.206. The minimum Gasteiger partial charge on any atom is -0.456 e. The van der Waals surface area contributed by atoms with Gasteiger partial charge in [0.1, 0.15) is 6.10 Å². The lowest BCUT2D eigenvalue weighted by Crippen LogP contribution is -2.52. The highest BCUT2D eigenvalue weighted by molar-refractivity contribution is 5.67. The van der Waals surface area contributed by atoms with Crippen LogP contribution in [-0.2, 0) is 28.5 Å². The summed E-state index contributed by atoms with van der Waals surface area (Å²) in [6, 6.07) is 0. The molecule has 0 spiro atoms. The average Bonchev–Trinajstić information content (AvgIpc) is 2.19. The van der Waals surface area contributed by atoms with Gasteiger partial charge >= 0.3 is 11.9 Å². The molecule has 1 heterocycles. The number of hydrogen-bond donors (Lipinski definition) is 0. The zero-order chi connectivity index (χ0) is 12.1. The van der Waals surface area contributed by atoms with Crippen LogP contribution in [0.25, 0.3) is 0 Å². The SMILES string of the molecule is CO[C@H]1COC[C@H](OC(C)=O)[C@@H]1OC(C)=O. The fourth-order valence-corrected chi connectivity index (χ4v) is 1.59. The maximum atomic E-state index is 10.9. The van der Waals surface area contributed by atoms with E-state index in [2.05, 4.69) is 0 Å². The van der Waals surface area contributed by atoms with Gasteiger partial charge in [0.05, 0.1) is 13.2 Å². The molecule has 0 unspecified atom stereocenters. The van der Waals surface area contributed by atoms with E-state index in [0.717, 1.165) is 0 Å². The number of ether oxygens (including phenoxy) is 4. The summed E-state index contributed by atoms with van der Waals surface area (Å²) in [4.78, 5) is 21.8. The molecular weight excluding hydrogens is 216 g/mol. The van der Waals surface area contributed by atoms with Gasteiger partial charge in [-0.25, -0.2) is 0 Å². The van der Waals surface area contributed by atoms with Crippen LogP contribution in [0.5, 0.6) is 0 Å². The van der Waals surface area contributed by atoms with Gasteiger partial charge < -0.3 is 18.9 Å². The molecule has 0 aromatic rings. The first kappa shape index (κ1) is 12.9. The largest absolute Gasteiger partial charge is 0.456 e. The van der Waals surface area contributed by atoms with Crippen LogP contribution in [0.1, 0.15) is 13.8 Å². The molecule has 1 aliphatic heterocycles. The van der Waals surface area contributed by atoms with E-state index in [0.29, 0.717) is 6.61 Å². The Bertz CT molecular complexity index is 264. The number of carbonyl (C=O) groups is 2. The van der Waals surface area contributed by atoms with Crippen molar-refractivity contribution in [1.29, 1.82) is 0 Å². The molecule has 1 aliphatic rings. The molecule has 0 N–H and O–H groups in total. The van der Waals surface area contributed by atoms with Crippen molar-refractivity contribution in [2.75, 3.05) is 20.3 Å². The Morgan fingerprint density at radius 2 is 1.62 bits per heavy atom. The van der Waals surface area contributed by atoms with Crippen molar-refractivity contribution >= 4 is 11.9 Å². The van der Waals surface area contributed by atoms with Gasteiger partial charge in [-0.1, -0.05) is 0 Å². The summed E-state index contributed by atoms with van der Waals surface area (Å²) in [7, 11) is 1.49. The summed E-state index contributed by atoms with van der Waals surface area (Å²) in [5.74, 6) is -0.881. The standard InChI is InChI=1S/C10H16O6/c1-6(11)15-9-5-14-4-8(13-3)10(9)16-7(2)12/h8-10H,4-5H2,1-3H3/t8-,9-,10+/m0/s1. The first-order chi connectivity index (χ1) is 7.54. The highest BCUT2D eigenvalue weighted by atomic mass is 16.6. The van der Waals surface area contributed by atoms with E-state index in [1.165, 1.54) is 21.0 Å². The predicted octanol–water partition coefficient (Wildman–Crippen LogP) is -0.105. The molecule has 92 valence electrons. The third kappa shape index (κ3) is 3.46. The Balaban J connectivity index is 2.69. The van der Waals surface area contributed by atoms with Gasteiger partial charge in [0.2, 0.25) is 0 Å². The van der Waals surface area contributed by atoms with Crippen LogP contribution in [0.3, 0.4) is 0 Å². The minimum atomic E-state index is -0.611. The van der Waals surface area contributed by atoms with Gasteiger partial charge in [-0.15, -0.1) is 0 Å². The molecule has 16 heavy (non-hydrogen) atoms. The van der Waals surface area contributed by atoms with Crippen molar-refractivity contribution in [1.82, 2.24) is 0 Å². The zero-order valence-electron chi connectivity index (χ0n) is 9.60. The molecule has 3 atom stereocenters. The fourth-order valence-electron chi connectivity index (χ4n) is 1.59. The number of methoxy groups -OCH3 is 1. The average molecular weight is 232 g/mol. The van der Waals surface area contributed by atoms with Crippen LogP contribution in [0, 0.1) is 0 Å². The second-order valence-electron chi connectivity index (χ2n) is 3.53. The molecule has 0 aromatic carbocycles. The van der Waals surface area contributed by atoms with Gasteiger partial charge in [-0.3, -0.25) is 9.59 Å². The first-order valence-corrected chi connectivity index (χ1v) is 4.99. The van der Waals surface area contributed by atoms with E-state index in [1.54, 1.807) is 0 Å². The summed E-state index contributed by atoms with van der Waals surface area (Å²) >= 11 is 0. The Hall–Kier alpha value is -1.14. The van der Waals surface area contributed by atoms with Gasteiger partial charge in [0, 0.05) is 21.0 Å². The molecule has 0 radical (unpaired) electrons. The second kappa shape index (κ2) is 5.81. The highest BCUT2D eigenvalue weighted by Crippen LogP contribution is 2.18. The molecule has 6 nitrogen and oxygen atoms in total. The summed E-state index contributed by atoms with van der Waals surface area (Å²) in [5, 5.41) is 0. The Morgan fingerprint density at radius 3 is 2.12 bits per heavy atom. The van der Waals surface area contributed by atoms with Crippen molar-refractivity contribution in [2.45, 2.75) is 32.2 Å². The van der Waals surface area contributed by atoms with Gasteiger partial charge in [0.25, 0.3) is 0 Å². The highest BCUT2D eigenvalue weighted by Gasteiger charge is 2.38. The van der Waals surface area contributed by atoms with E-state index in [-0.39, 0.29) is 6.61 Å². The van der Waals surface area contributed by atoms with Crippen LogP contribution < -0.4 is 0 Å². The topological polar surface area (TPSA) is 71.1 Å². The van der Waals surface area contributed by atoms with Crippen LogP contribution in [0.15, 0.2) is 0 Å². The summed E-state index contributed by atoms with van der Waals surface area (Å²) in [6.07, 6.45) is -1.64. The maximum Gasteiger partial charge on any atom is 0.303 e. The third-order valence-electron chi connectivity index (χ3n) is 2.22. The molecule has 6 heteroatoms. The predicted molar refractivity (Wildman–Crippen MR) is 52.7 cm³/mol. The molecule has 0 aromatic heterocycles. The molecular formula is C10H16O6. The number of esters is 2. The van der Waals surface area contributed by atoms with Crippen molar-refractivity contribution < 1.29 is 28.5 Å². The molecule has 1 rings (SSSR count). The fraction of sp³-hybridized carbons (Fsp3) is 0.800. The van der Waals surface area contributed by atoms with E-state index in [4.69, 9.17) is 18.9 Å². The lowest BCUT2D eigenvalue weighted by Gasteiger charge is -2.35. The van der Waals surface area contributed by atoms with Crippen LogP contribution >= 0.6 is 0 Å². The molecule has 0 aliphatic carbocycles. The monoisotopic (exact) mass is 232 g/mol. The van der Waals surface area contributed by atoms with Crippen molar-refractivity contribution in [3.05, 3.63) is 0 Å². The summed E-state index contributed by atoms with van der Waals surface area (Å²) < 4.78 is 20.4. The lowest BCUT2D eigenvalue weighted by molar-refractivity contribution is -0.203. The molecule has 1 saturated heterocycles. The van der Waals surface area contributed by atoms with Crippen LogP contribution in [-0.4, -0.2) is 50.6 Å². The first-order valence-electron chi connectivity index (χ1n) is 4.99. The van der Waals surface area contributed by atoms with E-state index in [9.17, 15) is 9.59 Å². The summed E-state index contributed by atoms with van der Waals surface area (Å²) in [5.41, 5.74) is 0. The Kier molecular flexibility index (Phi) is 4.70. The number of rotatable bonds is 3. The van der Waals surface area contributed by atoms with E-state index in [1.807, 2.05) is 0 Å². The Labute approximate surface area is 93.8 Å². The van der Waals surface area contributed by atoms with Crippen LogP contribution in [0.4, 0.5) is 0 Å². The quantitative estimate of drug-likeness (QED) is 0.632. The summed E-state index contributed by atoms with van der Waals surface area (Å²) in [6.45, 7) is 3.11. The van der Waals surface area contributed by atoms with Gasteiger partial charge in [0.15, 0.2) is 12.2 Å². The van der Waals surface area contributed by atoms with Gasteiger partial charge in [-0.05, 0) is 0 Å². The molecule has 0 amide bonds. The molecule has 0 saturated carbocycles. The van der Waals surface area contributed by atoms with Crippen molar-refractivity contribution in [3.8, 4) is 0 Å². The van der Waals surface area contributed by atoms with E-state index < -0.39 is 30.3 Å². The smallest absolute Gasteiger partial charge is 0.303 e. The van der Waals surface area contributed by atoms with Crippen molar-refractivity contribution in [2.24, 2.45) is 0 Å². The number of carbonyl (C=O) groups excluding carboxylic acids is 2. The molecule has 1 fully saturated rings. The lowest BCUT2D eigenvalue weighted by atomic mass is 10.1. The van der Waals surface area contributed by atoms with E-state index >= 15 is 0 Å². The van der Waals surface area contributed by atoms with Crippen LogP contribution in [0.2, 0.25) is 0 Å². The third-order valence-corrected chi connectivity index (χ3v) is 2.22. The normalized spacial score (nSPS) is 29.6. The van der Waals surface area contributed by atoms with Crippen molar-refractivity contribution in [3.63, 3.8) is 0 Å². The molecule has 0 bridgehead atoms. The second-order valence-corrected chi connectivity index (χ2v) is 3.53.